The number of hydrogen-bond acceptors (Lipinski definition) is 4. The smallest absolute Gasteiger partial charge is 0.118 e. The predicted molar refractivity (Wildman–Crippen MR) is 69.8 cm³/mol. The monoisotopic (exact) mass is 251 g/mol. The molecule has 2 unspecified atom stereocenters. The van der Waals surface area contributed by atoms with Gasteiger partial charge in [0.1, 0.15) is 5.75 Å². The molecule has 2 atom stereocenters. The van der Waals surface area contributed by atoms with Gasteiger partial charge in [0.15, 0.2) is 0 Å². The Morgan fingerprint density at radius 3 is 2.72 bits per heavy atom. The summed E-state index contributed by atoms with van der Waals surface area (Å²) in [6.07, 6.45) is 1.89. The van der Waals surface area contributed by atoms with Crippen molar-refractivity contribution in [3.8, 4) is 5.75 Å². The van der Waals surface area contributed by atoms with Crippen molar-refractivity contribution in [2.45, 2.75) is 25.0 Å². The van der Waals surface area contributed by atoms with Crippen molar-refractivity contribution >= 4 is 0 Å². The molecule has 0 aliphatic carbocycles. The average Bonchev–Trinajstić information content (AvgIpc) is 2.46. The topological polar surface area (TPSA) is 53.7 Å². The zero-order valence-corrected chi connectivity index (χ0v) is 10.8. The summed E-state index contributed by atoms with van der Waals surface area (Å²) in [6.45, 7) is 1.95. The molecule has 1 aromatic rings. The largest absolute Gasteiger partial charge is 0.497 e. The van der Waals surface area contributed by atoms with Crippen LogP contribution in [0.4, 0.5) is 0 Å². The Morgan fingerprint density at radius 1 is 1.33 bits per heavy atom. The molecule has 1 saturated heterocycles. The number of ether oxygens (including phenoxy) is 3. The van der Waals surface area contributed by atoms with Crippen molar-refractivity contribution in [2.75, 3.05) is 26.9 Å². The average molecular weight is 251 g/mol. The molecule has 0 spiro atoms. The lowest BCUT2D eigenvalue weighted by molar-refractivity contribution is -0.0975. The van der Waals surface area contributed by atoms with E-state index in [9.17, 15) is 0 Å². The summed E-state index contributed by atoms with van der Waals surface area (Å²) in [6, 6.07) is 8.13. The van der Waals surface area contributed by atoms with Crippen molar-refractivity contribution in [1.82, 2.24) is 0 Å². The molecule has 4 heteroatoms. The van der Waals surface area contributed by atoms with Crippen LogP contribution in [0.15, 0.2) is 24.3 Å². The summed E-state index contributed by atoms with van der Waals surface area (Å²) in [5, 5.41) is 0. The number of aryl methyl sites for hydroxylation is 1. The van der Waals surface area contributed by atoms with Crippen molar-refractivity contribution in [3.63, 3.8) is 0 Å². The molecule has 0 amide bonds. The molecule has 4 nitrogen and oxygen atoms in total. The van der Waals surface area contributed by atoms with E-state index in [2.05, 4.69) is 12.1 Å². The zero-order valence-electron chi connectivity index (χ0n) is 10.8. The number of hydrogen-bond donors (Lipinski definition) is 1. The first-order chi connectivity index (χ1) is 8.79. The Hall–Kier alpha value is -1.10. The molecule has 0 aromatic heterocycles. The molecule has 2 rings (SSSR count). The Bertz CT molecular complexity index is 347. The normalized spacial score (nSPS) is 21.6. The lowest BCUT2D eigenvalue weighted by atomic mass is 10.0. The summed E-state index contributed by atoms with van der Waals surface area (Å²) in [5.74, 6) is 0.882. The summed E-state index contributed by atoms with van der Waals surface area (Å²) in [7, 11) is 1.67. The standard InChI is InChI=1S/C14H21NO3/c1-16-12-5-2-11(3-6-12)4-7-13(15)14-10-17-8-9-18-14/h2-3,5-6,13-14H,4,7-10,15H2,1H3. The van der Waals surface area contributed by atoms with Gasteiger partial charge in [0.05, 0.1) is 33.0 Å². The van der Waals surface area contributed by atoms with Gasteiger partial charge in [0.2, 0.25) is 0 Å². The van der Waals surface area contributed by atoms with Gasteiger partial charge in [-0.15, -0.1) is 0 Å². The zero-order chi connectivity index (χ0) is 12.8. The third-order valence-corrected chi connectivity index (χ3v) is 3.24. The van der Waals surface area contributed by atoms with E-state index < -0.39 is 0 Å². The molecule has 1 aliphatic rings. The molecular weight excluding hydrogens is 230 g/mol. The van der Waals surface area contributed by atoms with E-state index in [0.717, 1.165) is 18.6 Å². The highest BCUT2D eigenvalue weighted by atomic mass is 16.6. The van der Waals surface area contributed by atoms with Crippen LogP contribution in [0.3, 0.4) is 0 Å². The number of methoxy groups -OCH3 is 1. The van der Waals surface area contributed by atoms with Gasteiger partial charge in [-0.25, -0.2) is 0 Å². The summed E-state index contributed by atoms with van der Waals surface area (Å²) < 4.78 is 16.1. The quantitative estimate of drug-likeness (QED) is 0.858. The highest BCUT2D eigenvalue weighted by Gasteiger charge is 2.21. The molecule has 1 fully saturated rings. The molecule has 1 heterocycles. The molecular formula is C14H21NO3. The van der Waals surface area contributed by atoms with Gasteiger partial charge in [-0.1, -0.05) is 12.1 Å². The fraction of sp³-hybridized carbons (Fsp3) is 0.571. The third-order valence-electron chi connectivity index (χ3n) is 3.24. The molecule has 18 heavy (non-hydrogen) atoms. The van der Waals surface area contributed by atoms with Gasteiger partial charge < -0.3 is 19.9 Å². The Labute approximate surface area is 108 Å². The van der Waals surface area contributed by atoms with Gasteiger partial charge in [0, 0.05) is 6.04 Å². The predicted octanol–water partition coefficient (Wildman–Crippen LogP) is 1.37. The number of benzene rings is 1. The maximum atomic E-state index is 6.12. The summed E-state index contributed by atoms with van der Waals surface area (Å²) in [4.78, 5) is 0. The lowest BCUT2D eigenvalue weighted by Crippen LogP contribution is -2.43. The lowest BCUT2D eigenvalue weighted by Gasteiger charge is -2.28. The van der Waals surface area contributed by atoms with Crippen LogP contribution in [0, 0.1) is 0 Å². The van der Waals surface area contributed by atoms with Crippen molar-refractivity contribution in [2.24, 2.45) is 5.73 Å². The highest BCUT2D eigenvalue weighted by Crippen LogP contribution is 2.14. The molecule has 0 bridgehead atoms. The molecule has 0 radical (unpaired) electrons. The first-order valence-electron chi connectivity index (χ1n) is 6.37. The van der Waals surface area contributed by atoms with Gasteiger partial charge in [-0.2, -0.15) is 0 Å². The Balaban J connectivity index is 1.78. The van der Waals surface area contributed by atoms with Crippen LogP contribution in [0.1, 0.15) is 12.0 Å². The Kier molecular flexibility index (Phi) is 4.99. The van der Waals surface area contributed by atoms with Crippen LogP contribution in [0.5, 0.6) is 5.75 Å². The fourth-order valence-electron chi connectivity index (χ4n) is 2.06. The number of rotatable bonds is 5. The van der Waals surface area contributed by atoms with Crippen LogP contribution in [-0.2, 0) is 15.9 Å². The van der Waals surface area contributed by atoms with Crippen molar-refractivity contribution in [3.05, 3.63) is 29.8 Å². The minimum Gasteiger partial charge on any atom is -0.497 e. The van der Waals surface area contributed by atoms with Crippen LogP contribution in [0.25, 0.3) is 0 Å². The van der Waals surface area contributed by atoms with Crippen LogP contribution in [0.2, 0.25) is 0 Å². The van der Waals surface area contributed by atoms with Gasteiger partial charge >= 0.3 is 0 Å². The van der Waals surface area contributed by atoms with E-state index in [-0.39, 0.29) is 12.1 Å². The van der Waals surface area contributed by atoms with Gasteiger partial charge in [-0.3, -0.25) is 0 Å². The van der Waals surface area contributed by atoms with Gasteiger partial charge in [-0.05, 0) is 30.5 Å². The second-order valence-electron chi connectivity index (χ2n) is 4.53. The molecule has 1 aliphatic heterocycles. The summed E-state index contributed by atoms with van der Waals surface area (Å²) in [5.41, 5.74) is 7.39. The fourth-order valence-corrected chi connectivity index (χ4v) is 2.06. The first kappa shape index (κ1) is 13.3. The van der Waals surface area contributed by atoms with E-state index in [0.29, 0.717) is 19.8 Å². The number of nitrogens with two attached hydrogens (primary N) is 1. The van der Waals surface area contributed by atoms with E-state index >= 15 is 0 Å². The molecule has 100 valence electrons. The van der Waals surface area contributed by atoms with E-state index in [1.54, 1.807) is 7.11 Å². The van der Waals surface area contributed by atoms with Crippen LogP contribution < -0.4 is 10.5 Å². The maximum absolute atomic E-state index is 6.12. The van der Waals surface area contributed by atoms with E-state index in [1.165, 1.54) is 5.56 Å². The second-order valence-corrected chi connectivity index (χ2v) is 4.53. The Morgan fingerprint density at radius 2 is 2.11 bits per heavy atom. The minimum absolute atomic E-state index is 0.0346. The molecule has 1 aromatic carbocycles. The molecule has 2 N–H and O–H groups in total. The highest BCUT2D eigenvalue weighted by molar-refractivity contribution is 5.27. The van der Waals surface area contributed by atoms with Crippen LogP contribution in [-0.4, -0.2) is 39.1 Å². The first-order valence-corrected chi connectivity index (χ1v) is 6.37. The minimum atomic E-state index is 0.0346. The summed E-state index contributed by atoms with van der Waals surface area (Å²) >= 11 is 0. The SMILES string of the molecule is COc1ccc(CCC(N)C2COCCO2)cc1. The van der Waals surface area contributed by atoms with E-state index in [4.69, 9.17) is 19.9 Å². The second kappa shape index (κ2) is 6.73. The third kappa shape index (κ3) is 3.70. The van der Waals surface area contributed by atoms with Gasteiger partial charge in [0.25, 0.3) is 0 Å². The van der Waals surface area contributed by atoms with E-state index in [1.807, 2.05) is 12.1 Å². The van der Waals surface area contributed by atoms with Crippen molar-refractivity contribution < 1.29 is 14.2 Å². The molecule has 0 saturated carbocycles. The maximum Gasteiger partial charge on any atom is 0.118 e. The van der Waals surface area contributed by atoms with Crippen molar-refractivity contribution in [1.29, 1.82) is 0 Å². The van der Waals surface area contributed by atoms with Crippen LogP contribution >= 0.6 is 0 Å².